The van der Waals surface area contributed by atoms with Gasteiger partial charge in [-0.05, 0) is 98.9 Å². The Morgan fingerprint density at radius 2 is 1.77 bits per heavy atom. The molecule has 0 aliphatic heterocycles. The zero-order chi connectivity index (χ0) is 21.8. The van der Waals surface area contributed by atoms with E-state index in [0.29, 0.717) is 31.6 Å². The van der Waals surface area contributed by atoms with E-state index in [0.717, 1.165) is 37.7 Å². The van der Waals surface area contributed by atoms with Crippen LogP contribution in [0, 0.1) is 28.1 Å². The highest BCUT2D eigenvalue weighted by molar-refractivity contribution is 7.51. The van der Waals surface area contributed by atoms with Crippen molar-refractivity contribution in [3.63, 3.8) is 0 Å². The van der Waals surface area contributed by atoms with Gasteiger partial charge in [0.25, 0.3) is 0 Å². The number of rotatable bonds is 7. The van der Waals surface area contributed by atoms with Crippen LogP contribution in [0.5, 0.6) is 0 Å². The quantitative estimate of drug-likeness (QED) is 0.385. The van der Waals surface area contributed by atoms with Crippen LogP contribution < -0.4 is 5.09 Å². The van der Waals surface area contributed by atoms with Gasteiger partial charge in [0.2, 0.25) is 0 Å². The van der Waals surface area contributed by atoms with Crippen LogP contribution >= 0.6 is 7.75 Å². The van der Waals surface area contributed by atoms with Crippen LogP contribution in [0.25, 0.3) is 0 Å². The standard InChI is InChI=1S/C24H42NO4P/c1-6-28-30(27,29-7-2)25-17-21(4)11-8-12-22(5)19(21)9-13-23-15-18(3)24(26,16-23)14-10-20(22)23/h19-20,26H,3,6-17H2,1-2,4-5H3,(H,25,27)/t19-,20?,21?,22?,23-,24+/m1/s1. The number of aliphatic hydroxyl groups is 1. The van der Waals surface area contributed by atoms with Crippen LogP contribution in [0.3, 0.4) is 0 Å². The van der Waals surface area contributed by atoms with E-state index in [1.807, 2.05) is 13.8 Å². The molecule has 6 heteroatoms. The van der Waals surface area contributed by atoms with Crippen LogP contribution in [0.1, 0.15) is 85.5 Å². The third-order valence-corrected chi connectivity index (χ3v) is 11.3. The molecule has 6 atom stereocenters. The van der Waals surface area contributed by atoms with Crippen molar-refractivity contribution in [3.05, 3.63) is 12.2 Å². The number of fused-ring (bicyclic) bond motifs is 3. The van der Waals surface area contributed by atoms with E-state index >= 15 is 0 Å². The maximum Gasteiger partial charge on any atom is 0.405 e. The first-order chi connectivity index (χ1) is 14.0. The highest BCUT2D eigenvalue weighted by atomic mass is 31.2. The Bertz CT molecular complexity index is 733. The van der Waals surface area contributed by atoms with Crippen LogP contribution in [0.15, 0.2) is 12.2 Å². The first-order valence-electron chi connectivity index (χ1n) is 12.1. The summed E-state index contributed by atoms with van der Waals surface area (Å²) in [6.45, 7) is 14.3. The van der Waals surface area contributed by atoms with Crippen LogP contribution in [-0.2, 0) is 13.6 Å². The molecule has 0 aromatic heterocycles. The molecule has 2 bridgehead atoms. The molecule has 0 aromatic carbocycles. The van der Waals surface area contributed by atoms with Gasteiger partial charge >= 0.3 is 7.75 Å². The zero-order valence-electron chi connectivity index (χ0n) is 19.5. The molecule has 4 rings (SSSR count). The van der Waals surface area contributed by atoms with Crippen molar-refractivity contribution in [2.24, 2.45) is 28.1 Å². The molecule has 30 heavy (non-hydrogen) atoms. The highest BCUT2D eigenvalue weighted by Gasteiger charge is 2.66. The summed E-state index contributed by atoms with van der Waals surface area (Å²) in [4.78, 5) is 0. The monoisotopic (exact) mass is 439 g/mol. The Hall–Kier alpha value is -0.190. The minimum absolute atomic E-state index is 0.0713. The summed E-state index contributed by atoms with van der Waals surface area (Å²) in [5.41, 5.74) is 1.05. The molecule has 3 unspecified atom stereocenters. The number of nitrogens with one attached hydrogen (secondary N) is 1. The van der Waals surface area contributed by atoms with Crippen molar-refractivity contribution in [1.29, 1.82) is 0 Å². The molecule has 172 valence electrons. The normalized spacial score (nSPS) is 45.8. The van der Waals surface area contributed by atoms with Crippen molar-refractivity contribution in [2.45, 2.75) is 91.1 Å². The predicted octanol–water partition coefficient (Wildman–Crippen LogP) is 5.84. The third kappa shape index (κ3) is 3.48. The largest absolute Gasteiger partial charge is 0.405 e. The fourth-order valence-corrected chi connectivity index (χ4v) is 9.93. The van der Waals surface area contributed by atoms with E-state index in [1.165, 1.54) is 25.7 Å². The summed E-state index contributed by atoms with van der Waals surface area (Å²) in [5, 5.41) is 14.3. The van der Waals surface area contributed by atoms with Crippen LogP contribution in [-0.4, -0.2) is 30.5 Å². The Kier molecular flexibility index (Phi) is 5.90. The van der Waals surface area contributed by atoms with Gasteiger partial charge in [-0.25, -0.2) is 9.65 Å². The Balaban J connectivity index is 1.57. The maximum absolute atomic E-state index is 13.0. The molecule has 0 amide bonds. The molecule has 0 aromatic rings. The fraction of sp³-hybridized carbons (Fsp3) is 0.917. The Morgan fingerprint density at radius 1 is 1.10 bits per heavy atom. The third-order valence-electron chi connectivity index (χ3n) is 9.56. The summed E-state index contributed by atoms with van der Waals surface area (Å²) in [6.07, 6.45) is 9.90. The molecular weight excluding hydrogens is 397 g/mol. The van der Waals surface area contributed by atoms with Gasteiger partial charge in [-0.1, -0.05) is 26.8 Å². The summed E-state index contributed by atoms with van der Waals surface area (Å²) in [7, 11) is -3.25. The molecule has 4 aliphatic carbocycles. The smallest absolute Gasteiger partial charge is 0.386 e. The first-order valence-corrected chi connectivity index (χ1v) is 13.6. The van der Waals surface area contributed by atoms with Gasteiger partial charge in [0.15, 0.2) is 0 Å². The SMILES string of the molecule is C=C1C[C@@]23CC[C@@H]4C(C)(CNP(=O)(OCC)OCC)CCCC4(C)C2CC[C@]1(O)C3. The van der Waals surface area contributed by atoms with E-state index in [1.54, 1.807) is 0 Å². The highest BCUT2D eigenvalue weighted by Crippen LogP contribution is 2.72. The average molecular weight is 440 g/mol. The molecule has 5 nitrogen and oxygen atoms in total. The van der Waals surface area contributed by atoms with E-state index in [9.17, 15) is 9.67 Å². The second kappa shape index (κ2) is 7.70. The Morgan fingerprint density at radius 3 is 2.43 bits per heavy atom. The minimum Gasteiger partial charge on any atom is -0.386 e. The van der Waals surface area contributed by atoms with Crippen LogP contribution in [0.4, 0.5) is 0 Å². The van der Waals surface area contributed by atoms with Crippen molar-refractivity contribution in [1.82, 2.24) is 5.09 Å². The first kappa shape index (κ1) is 23.0. The summed E-state index contributed by atoms with van der Waals surface area (Å²) < 4.78 is 24.0. The molecule has 0 heterocycles. The van der Waals surface area contributed by atoms with Gasteiger partial charge in [0.1, 0.15) is 0 Å². The van der Waals surface area contributed by atoms with Crippen molar-refractivity contribution >= 4 is 7.75 Å². The summed E-state index contributed by atoms with van der Waals surface area (Å²) in [6, 6.07) is 0. The molecular formula is C24H42NO4P. The molecule has 4 saturated carbocycles. The maximum atomic E-state index is 13.0. The summed E-state index contributed by atoms with van der Waals surface area (Å²) >= 11 is 0. The average Bonchev–Trinajstić information content (AvgIpc) is 2.84. The fourth-order valence-electron chi connectivity index (χ4n) is 8.44. The minimum atomic E-state index is -3.25. The Labute approximate surface area is 183 Å². The van der Waals surface area contributed by atoms with Crippen LogP contribution in [0.2, 0.25) is 0 Å². The predicted molar refractivity (Wildman–Crippen MR) is 120 cm³/mol. The van der Waals surface area contributed by atoms with E-state index in [-0.39, 0.29) is 16.2 Å². The second-order valence-electron chi connectivity index (χ2n) is 11.2. The molecule has 4 aliphatic rings. The zero-order valence-corrected chi connectivity index (χ0v) is 20.4. The molecule has 0 saturated heterocycles. The van der Waals surface area contributed by atoms with Gasteiger partial charge in [-0.2, -0.15) is 0 Å². The number of hydrogen-bond donors (Lipinski definition) is 2. The van der Waals surface area contributed by atoms with E-state index in [2.05, 4.69) is 25.5 Å². The lowest BCUT2D eigenvalue weighted by atomic mass is 9.41. The summed E-state index contributed by atoms with van der Waals surface area (Å²) in [5.74, 6) is 1.23. The molecule has 0 radical (unpaired) electrons. The number of hydrogen-bond acceptors (Lipinski definition) is 4. The van der Waals surface area contributed by atoms with E-state index < -0.39 is 13.3 Å². The van der Waals surface area contributed by atoms with Gasteiger partial charge < -0.3 is 5.11 Å². The van der Waals surface area contributed by atoms with Gasteiger partial charge in [-0.3, -0.25) is 9.05 Å². The van der Waals surface area contributed by atoms with Crippen molar-refractivity contribution in [3.8, 4) is 0 Å². The lowest BCUT2D eigenvalue weighted by Crippen LogP contribution is -2.59. The topological polar surface area (TPSA) is 67.8 Å². The van der Waals surface area contributed by atoms with E-state index in [4.69, 9.17) is 9.05 Å². The molecule has 4 fully saturated rings. The van der Waals surface area contributed by atoms with Gasteiger partial charge in [0, 0.05) is 6.54 Å². The molecule has 2 N–H and O–H groups in total. The molecule has 1 spiro atoms. The van der Waals surface area contributed by atoms with Gasteiger partial charge in [0.05, 0.1) is 18.8 Å². The lowest BCUT2D eigenvalue weighted by molar-refractivity contribution is -0.162. The second-order valence-corrected chi connectivity index (χ2v) is 13.0. The lowest BCUT2D eigenvalue weighted by Gasteiger charge is -2.64. The van der Waals surface area contributed by atoms with Gasteiger partial charge in [-0.15, -0.1) is 0 Å². The van der Waals surface area contributed by atoms with Crippen molar-refractivity contribution < 1.29 is 18.7 Å². The van der Waals surface area contributed by atoms with Crippen molar-refractivity contribution in [2.75, 3.05) is 19.8 Å².